The first-order valence-electron chi connectivity index (χ1n) is 6.62. The van der Waals surface area contributed by atoms with Gasteiger partial charge in [-0.3, -0.25) is 0 Å². The van der Waals surface area contributed by atoms with Crippen LogP contribution in [0.5, 0.6) is 11.5 Å². The third kappa shape index (κ3) is 4.05. The lowest BCUT2D eigenvalue weighted by Gasteiger charge is -2.12. The van der Waals surface area contributed by atoms with E-state index >= 15 is 0 Å². The lowest BCUT2D eigenvalue weighted by molar-refractivity contribution is 0.435. The maximum Gasteiger partial charge on any atom is 0.165 e. The predicted molar refractivity (Wildman–Crippen MR) is 82.6 cm³/mol. The Balaban J connectivity index is 2.18. The molecular weight excluding hydrogens is 321 g/mol. The Morgan fingerprint density at radius 1 is 1.15 bits per heavy atom. The smallest absolute Gasteiger partial charge is 0.165 e. The van der Waals surface area contributed by atoms with Crippen molar-refractivity contribution in [2.24, 2.45) is 0 Å². The van der Waals surface area contributed by atoms with E-state index < -0.39 is 0 Å². The second kappa shape index (κ2) is 7.41. The molecule has 2 rings (SSSR count). The van der Waals surface area contributed by atoms with Crippen molar-refractivity contribution in [3.63, 3.8) is 0 Å². The first-order valence-corrected chi connectivity index (χ1v) is 7.41. The summed E-state index contributed by atoms with van der Waals surface area (Å²) in [6.45, 7) is 3.77. The van der Waals surface area contributed by atoms with Gasteiger partial charge in [0.2, 0.25) is 0 Å². The fourth-order valence-electron chi connectivity index (χ4n) is 1.82. The van der Waals surface area contributed by atoms with E-state index in [9.17, 15) is 4.39 Å². The lowest BCUT2D eigenvalue weighted by Crippen LogP contribution is -2.14. The Morgan fingerprint density at radius 2 is 1.95 bits per heavy atom. The van der Waals surface area contributed by atoms with Gasteiger partial charge in [0.1, 0.15) is 5.75 Å². The zero-order valence-electron chi connectivity index (χ0n) is 11.3. The lowest BCUT2D eigenvalue weighted by atomic mass is 10.2. The molecule has 0 atom stereocenters. The van der Waals surface area contributed by atoms with Gasteiger partial charge in [-0.2, -0.15) is 0 Å². The van der Waals surface area contributed by atoms with E-state index in [2.05, 4.69) is 28.2 Å². The summed E-state index contributed by atoms with van der Waals surface area (Å²) in [5, 5.41) is 3.32. The highest BCUT2D eigenvalue weighted by Gasteiger charge is 2.08. The van der Waals surface area contributed by atoms with Crippen LogP contribution in [0.1, 0.15) is 18.9 Å². The third-order valence-electron chi connectivity index (χ3n) is 2.83. The molecule has 2 aromatic rings. The number of ether oxygens (including phenoxy) is 1. The first-order chi connectivity index (χ1) is 9.70. The number of rotatable bonds is 6. The summed E-state index contributed by atoms with van der Waals surface area (Å²) in [5.74, 6) is 0.528. The number of benzene rings is 2. The molecule has 0 saturated carbocycles. The van der Waals surface area contributed by atoms with Crippen molar-refractivity contribution < 1.29 is 9.13 Å². The van der Waals surface area contributed by atoms with E-state index in [4.69, 9.17) is 4.74 Å². The van der Waals surface area contributed by atoms with Crippen LogP contribution < -0.4 is 10.1 Å². The van der Waals surface area contributed by atoms with Crippen LogP contribution in [-0.2, 0) is 6.54 Å². The molecule has 0 aliphatic rings. The zero-order valence-corrected chi connectivity index (χ0v) is 12.9. The van der Waals surface area contributed by atoms with E-state index in [1.54, 1.807) is 12.1 Å². The molecule has 0 fully saturated rings. The fourth-order valence-corrected chi connectivity index (χ4v) is 2.16. The first kappa shape index (κ1) is 15.0. The van der Waals surface area contributed by atoms with Crippen molar-refractivity contribution in [1.82, 2.24) is 5.32 Å². The number of halogens is 2. The van der Waals surface area contributed by atoms with Gasteiger partial charge in [0.05, 0.1) is 0 Å². The summed E-state index contributed by atoms with van der Waals surface area (Å²) < 4.78 is 20.2. The molecule has 106 valence electrons. The minimum Gasteiger partial charge on any atom is -0.454 e. The maximum atomic E-state index is 13.7. The summed E-state index contributed by atoms with van der Waals surface area (Å²) in [6.07, 6.45) is 1.07. The van der Waals surface area contributed by atoms with Crippen molar-refractivity contribution in [3.8, 4) is 11.5 Å². The van der Waals surface area contributed by atoms with Crippen molar-refractivity contribution in [1.29, 1.82) is 0 Å². The normalized spacial score (nSPS) is 10.6. The van der Waals surface area contributed by atoms with Crippen molar-refractivity contribution >= 4 is 15.9 Å². The molecule has 2 nitrogen and oxygen atoms in total. The summed E-state index contributed by atoms with van der Waals surface area (Å²) >= 11 is 3.32. The Bertz CT molecular complexity index is 574. The second-order valence-corrected chi connectivity index (χ2v) is 5.38. The van der Waals surface area contributed by atoms with Crippen LogP contribution >= 0.6 is 15.9 Å². The molecule has 0 aromatic heterocycles. The molecule has 0 unspecified atom stereocenters. The maximum absolute atomic E-state index is 13.7. The van der Waals surface area contributed by atoms with Crippen molar-refractivity contribution in [2.45, 2.75) is 19.9 Å². The highest BCUT2D eigenvalue weighted by atomic mass is 79.9. The van der Waals surface area contributed by atoms with Gasteiger partial charge in [-0.1, -0.05) is 41.1 Å². The molecule has 1 N–H and O–H groups in total. The van der Waals surface area contributed by atoms with Crippen molar-refractivity contribution in [3.05, 3.63) is 58.3 Å². The average Bonchev–Trinajstić information content (AvgIpc) is 2.45. The molecule has 0 heterocycles. The Kier molecular flexibility index (Phi) is 5.56. The van der Waals surface area contributed by atoms with Crippen LogP contribution in [0.4, 0.5) is 4.39 Å². The molecule has 0 aliphatic carbocycles. The number of nitrogens with one attached hydrogen (secondary N) is 1. The summed E-state index contributed by atoms with van der Waals surface area (Å²) in [5.41, 5.74) is 1.01. The van der Waals surface area contributed by atoms with Crippen LogP contribution in [0.3, 0.4) is 0 Å². The molecule has 0 aliphatic heterocycles. The van der Waals surface area contributed by atoms with Gasteiger partial charge >= 0.3 is 0 Å². The highest BCUT2D eigenvalue weighted by molar-refractivity contribution is 9.10. The van der Waals surface area contributed by atoms with Gasteiger partial charge in [-0.25, -0.2) is 4.39 Å². The molecule has 0 bridgehead atoms. The molecule has 0 saturated heterocycles. The molecule has 4 heteroatoms. The SMILES string of the molecule is CCCNCc1ccccc1Oc1cc(Br)ccc1F. The van der Waals surface area contributed by atoms with Gasteiger partial charge in [-0.05, 0) is 37.2 Å². The average molecular weight is 338 g/mol. The monoisotopic (exact) mass is 337 g/mol. The van der Waals surface area contributed by atoms with Crippen LogP contribution in [-0.4, -0.2) is 6.54 Å². The Hall–Kier alpha value is -1.39. The van der Waals surface area contributed by atoms with Crippen LogP contribution in [0.25, 0.3) is 0 Å². The number of para-hydroxylation sites is 1. The number of hydrogen-bond donors (Lipinski definition) is 1. The summed E-state index contributed by atoms with van der Waals surface area (Å²) in [6, 6.07) is 12.3. The Labute approximate surface area is 127 Å². The minimum atomic E-state index is -0.371. The largest absolute Gasteiger partial charge is 0.454 e. The highest BCUT2D eigenvalue weighted by Crippen LogP contribution is 2.29. The van der Waals surface area contributed by atoms with Gasteiger partial charge in [0.15, 0.2) is 11.6 Å². The third-order valence-corrected chi connectivity index (χ3v) is 3.32. The van der Waals surface area contributed by atoms with E-state index in [0.29, 0.717) is 12.3 Å². The predicted octanol–water partition coefficient (Wildman–Crippen LogP) is 4.88. The molecular formula is C16H17BrFNO. The standard InChI is InChI=1S/C16H17BrFNO/c1-2-9-19-11-12-5-3-4-6-15(12)20-16-10-13(17)7-8-14(16)18/h3-8,10,19H,2,9,11H2,1H3. The molecule has 0 spiro atoms. The quantitative estimate of drug-likeness (QED) is 0.758. The van der Waals surface area contributed by atoms with Gasteiger partial charge in [0.25, 0.3) is 0 Å². The van der Waals surface area contributed by atoms with Crippen LogP contribution in [0.2, 0.25) is 0 Å². The molecule has 20 heavy (non-hydrogen) atoms. The summed E-state index contributed by atoms with van der Waals surface area (Å²) in [4.78, 5) is 0. The van der Waals surface area contributed by atoms with Crippen LogP contribution in [0, 0.1) is 5.82 Å². The van der Waals surface area contributed by atoms with Gasteiger partial charge < -0.3 is 10.1 Å². The minimum absolute atomic E-state index is 0.224. The molecule has 0 radical (unpaired) electrons. The van der Waals surface area contributed by atoms with Gasteiger partial charge in [-0.15, -0.1) is 0 Å². The van der Waals surface area contributed by atoms with E-state index in [-0.39, 0.29) is 11.6 Å². The number of hydrogen-bond acceptors (Lipinski definition) is 2. The fraction of sp³-hybridized carbons (Fsp3) is 0.250. The second-order valence-electron chi connectivity index (χ2n) is 4.46. The topological polar surface area (TPSA) is 21.3 Å². The van der Waals surface area contributed by atoms with Gasteiger partial charge in [0, 0.05) is 16.6 Å². The zero-order chi connectivity index (χ0) is 14.4. The van der Waals surface area contributed by atoms with Crippen LogP contribution in [0.15, 0.2) is 46.9 Å². The van der Waals surface area contributed by atoms with E-state index in [0.717, 1.165) is 23.0 Å². The van der Waals surface area contributed by atoms with Crippen molar-refractivity contribution in [2.75, 3.05) is 6.54 Å². The van der Waals surface area contributed by atoms with E-state index in [1.165, 1.54) is 6.07 Å². The molecule has 2 aromatic carbocycles. The summed E-state index contributed by atoms with van der Waals surface area (Å²) in [7, 11) is 0. The van der Waals surface area contributed by atoms with E-state index in [1.807, 2.05) is 24.3 Å². The Morgan fingerprint density at radius 3 is 2.75 bits per heavy atom. The molecule has 0 amide bonds.